The number of benzene rings is 2. The number of anilines is 2. The largest absolute Gasteiger partial charge is 0.439 e. The molecule has 4 heteroatoms. The summed E-state index contributed by atoms with van der Waals surface area (Å²) in [6.45, 7) is 1.75. The van der Waals surface area contributed by atoms with Crippen LogP contribution in [0.1, 0.15) is 5.56 Å². The minimum absolute atomic E-state index is 0.204. The van der Waals surface area contributed by atoms with E-state index in [9.17, 15) is 4.39 Å². The van der Waals surface area contributed by atoms with Gasteiger partial charge in [0.05, 0.1) is 0 Å². The van der Waals surface area contributed by atoms with Crippen LogP contribution in [0.2, 0.25) is 0 Å². The Morgan fingerprint density at radius 1 is 0.957 bits per heavy atom. The van der Waals surface area contributed by atoms with Crippen molar-refractivity contribution in [3.05, 3.63) is 78.2 Å². The monoisotopic (exact) mass is 308 g/mol. The molecular weight excluding hydrogens is 291 g/mol. The minimum atomic E-state index is -0.204. The van der Waals surface area contributed by atoms with Gasteiger partial charge < -0.3 is 9.64 Å². The highest BCUT2D eigenvalue weighted by molar-refractivity contribution is 5.63. The fourth-order valence-electron chi connectivity index (χ4n) is 2.21. The Kier molecular flexibility index (Phi) is 4.24. The molecule has 0 saturated heterocycles. The predicted molar refractivity (Wildman–Crippen MR) is 90.0 cm³/mol. The summed E-state index contributed by atoms with van der Waals surface area (Å²) in [4.78, 5) is 6.05. The minimum Gasteiger partial charge on any atom is -0.439 e. The maximum Gasteiger partial charge on any atom is 0.219 e. The Morgan fingerprint density at radius 2 is 1.70 bits per heavy atom. The molecule has 0 atom stereocenters. The van der Waals surface area contributed by atoms with E-state index < -0.39 is 0 Å². The molecule has 0 N–H and O–H groups in total. The van der Waals surface area contributed by atoms with Crippen LogP contribution < -0.4 is 9.64 Å². The first-order chi connectivity index (χ1) is 11.1. The van der Waals surface area contributed by atoms with Crippen LogP contribution in [0.4, 0.5) is 15.8 Å². The molecule has 0 radical (unpaired) electrons. The van der Waals surface area contributed by atoms with Crippen molar-refractivity contribution in [2.24, 2.45) is 0 Å². The smallest absolute Gasteiger partial charge is 0.219 e. The van der Waals surface area contributed by atoms with Gasteiger partial charge in [0, 0.05) is 30.7 Å². The lowest BCUT2D eigenvalue weighted by atomic mass is 10.2. The topological polar surface area (TPSA) is 25.4 Å². The van der Waals surface area contributed by atoms with Crippen LogP contribution in [0.5, 0.6) is 11.6 Å². The first kappa shape index (κ1) is 15.0. The van der Waals surface area contributed by atoms with Gasteiger partial charge in [0.1, 0.15) is 11.6 Å². The molecule has 3 aromatic rings. The summed E-state index contributed by atoms with van der Waals surface area (Å²) >= 11 is 0. The zero-order valence-corrected chi connectivity index (χ0v) is 13.0. The average Bonchev–Trinajstić information content (AvgIpc) is 2.58. The molecule has 0 spiro atoms. The second kappa shape index (κ2) is 6.48. The quantitative estimate of drug-likeness (QED) is 0.671. The van der Waals surface area contributed by atoms with Crippen LogP contribution in [0.3, 0.4) is 0 Å². The van der Waals surface area contributed by atoms with Crippen molar-refractivity contribution >= 4 is 11.4 Å². The van der Waals surface area contributed by atoms with Crippen LogP contribution in [-0.2, 0) is 0 Å². The number of hydrogen-bond donors (Lipinski definition) is 0. The summed E-state index contributed by atoms with van der Waals surface area (Å²) in [6.07, 6.45) is 1.68. The second-order valence-electron chi connectivity index (χ2n) is 5.26. The molecule has 0 aliphatic rings. The number of pyridine rings is 1. The van der Waals surface area contributed by atoms with Crippen molar-refractivity contribution in [1.29, 1.82) is 0 Å². The summed E-state index contributed by atoms with van der Waals surface area (Å²) in [5, 5.41) is 0. The number of nitrogens with zero attached hydrogens (tertiary/aromatic N) is 2. The highest BCUT2D eigenvalue weighted by Gasteiger charge is 2.07. The van der Waals surface area contributed by atoms with Crippen molar-refractivity contribution in [2.75, 3.05) is 11.9 Å². The third kappa shape index (κ3) is 3.48. The molecule has 0 amide bonds. The number of aromatic nitrogens is 1. The van der Waals surface area contributed by atoms with E-state index in [1.54, 1.807) is 25.3 Å². The van der Waals surface area contributed by atoms with Crippen LogP contribution >= 0.6 is 0 Å². The van der Waals surface area contributed by atoms with Gasteiger partial charge >= 0.3 is 0 Å². The number of aryl methyl sites for hydroxylation is 1. The molecular formula is C19H17FN2O. The molecule has 0 fully saturated rings. The average molecular weight is 308 g/mol. The van der Waals surface area contributed by atoms with Crippen molar-refractivity contribution < 1.29 is 9.13 Å². The van der Waals surface area contributed by atoms with Crippen LogP contribution in [-0.4, -0.2) is 12.0 Å². The number of hydrogen-bond acceptors (Lipinski definition) is 3. The highest BCUT2D eigenvalue weighted by atomic mass is 19.1. The highest BCUT2D eigenvalue weighted by Crippen LogP contribution is 2.28. The fourth-order valence-corrected chi connectivity index (χ4v) is 2.21. The molecule has 0 unspecified atom stereocenters. The Balaban J connectivity index is 1.77. The van der Waals surface area contributed by atoms with E-state index in [4.69, 9.17) is 4.74 Å². The van der Waals surface area contributed by atoms with Crippen molar-refractivity contribution in [1.82, 2.24) is 4.98 Å². The van der Waals surface area contributed by atoms with E-state index in [2.05, 4.69) is 4.98 Å². The number of rotatable bonds is 4. The molecule has 1 heterocycles. The van der Waals surface area contributed by atoms with Gasteiger partial charge in [-0.15, -0.1) is 0 Å². The SMILES string of the molecule is Cc1ccc(N(C)c2ccc(Oc3ccccn3)cc2)cc1F. The first-order valence-electron chi connectivity index (χ1n) is 7.32. The molecule has 0 aliphatic heterocycles. The normalized spacial score (nSPS) is 10.4. The fraction of sp³-hybridized carbons (Fsp3) is 0.105. The molecule has 23 heavy (non-hydrogen) atoms. The molecule has 2 aromatic carbocycles. The van der Waals surface area contributed by atoms with Crippen molar-refractivity contribution in [2.45, 2.75) is 6.92 Å². The van der Waals surface area contributed by atoms with E-state index in [1.165, 1.54) is 6.07 Å². The summed E-state index contributed by atoms with van der Waals surface area (Å²) in [6, 6.07) is 18.3. The standard InChI is InChI=1S/C19H17FN2O/c1-14-6-7-16(13-18(14)20)22(2)15-8-10-17(11-9-15)23-19-5-3-4-12-21-19/h3-13H,1-2H3. The summed E-state index contributed by atoms with van der Waals surface area (Å²) in [5.41, 5.74) is 2.38. The summed E-state index contributed by atoms with van der Waals surface area (Å²) in [5.74, 6) is 1.05. The second-order valence-corrected chi connectivity index (χ2v) is 5.26. The summed E-state index contributed by atoms with van der Waals surface area (Å²) in [7, 11) is 1.90. The molecule has 0 aliphatic carbocycles. The Morgan fingerprint density at radius 3 is 2.35 bits per heavy atom. The van der Waals surface area contributed by atoms with Crippen LogP contribution in [0.15, 0.2) is 66.9 Å². The van der Waals surface area contributed by atoms with Crippen molar-refractivity contribution in [3.8, 4) is 11.6 Å². The van der Waals surface area contributed by atoms with Crippen LogP contribution in [0.25, 0.3) is 0 Å². The van der Waals surface area contributed by atoms with E-state index in [-0.39, 0.29) is 5.82 Å². The zero-order chi connectivity index (χ0) is 16.2. The maximum atomic E-state index is 13.7. The van der Waals surface area contributed by atoms with Gasteiger partial charge in [-0.05, 0) is 55.0 Å². The van der Waals surface area contributed by atoms with E-state index in [0.717, 1.165) is 11.4 Å². The molecule has 0 saturated carbocycles. The third-order valence-corrected chi connectivity index (χ3v) is 3.63. The van der Waals surface area contributed by atoms with Gasteiger partial charge in [0.15, 0.2) is 0 Å². The molecule has 116 valence electrons. The van der Waals surface area contributed by atoms with Crippen molar-refractivity contribution in [3.63, 3.8) is 0 Å². The van der Waals surface area contributed by atoms with Gasteiger partial charge in [0.2, 0.25) is 5.88 Å². The third-order valence-electron chi connectivity index (χ3n) is 3.63. The lowest BCUT2D eigenvalue weighted by Crippen LogP contribution is -2.09. The van der Waals surface area contributed by atoms with E-state index >= 15 is 0 Å². The summed E-state index contributed by atoms with van der Waals surface area (Å²) < 4.78 is 19.4. The Hall–Kier alpha value is -2.88. The predicted octanol–water partition coefficient (Wildman–Crippen LogP) is 5.09. The van der Waals surface area contributed by atoms with Crippen LogP contribution in [0, 0.1) is 12.7 Å². The Labute approximate surface area is 135 Å². The van der Waals surface area contributed by atoms with E-state index in [1.807, 2.05) is 54.4 Å². The Bertz CT molecular complexity index is 788. The molecule has 3 nitrogen and oxygen atoms in total. The molecule has 1 aromatic heterocycles. The van der Waals surface area contributed by atoms with Gasteiger partial charge in [0.25, 0.3) is 0 Å². The lowest BCUT2D eigenvalue weighted by molar-refractivity contribution is 0.463. The van der Waals surface area contributed by atoms with E-state index in [0.29, 0.717) is 17.2 Å². The van der Waals surface area contributed by atoms with Gasteiger partial charge in [-0.2, -0.15) is 0 Å². The first-order valence-corrected chi connectivity index (χ1v) is 7.32. The van der Waals surface area contributed by atoms with Gasteiger partial charge in [-0.1, -0.05) is 12.1 Å². The maximum absolute atomic E-state index is 13.7. The molecule has 3 rings (SSSR count). The zero-order valence-electron chi connectivity index (χ0n) is 13.0. The molecule has 0 bridgehead atoms. The number of ether oxygens (including phenoxy) is 1. The van der Waals surface area contributed by atoms with Gasteiger partial charge in [-0.3, -0.25) is 0 Å². The van der Waals surface area contributed by atoms with Gasteiger partial charge in [-0.25, -0.2) is 9.37 Å². The number of halogens is 1. The lowest BCUT2D eigenvalue weighted by Gasteiger charge is -2.20.